The predicted molar refractivity (Wildman–Crippen MR) is 70.5 cm³/mol. The number of aryl methyl sites for hydroxylation is 1. The number of alkyl halides is 1. The van der Waals surface area contributed by atoms with Crippen LogP contribution in [-0.2, 0) is 11.2 Å². The van der Waals surface area contributed by atoms with Gasteiger partial charge in [0.05, 0.1) is 0 Å². The number of Topliss-reactive ketones (excluding diaryl/α,β-unsaturated/α-hetero) is 1. The summed E-state index contributed by atoms with van der Waals surface area (Å²) in [6.07, 6.45) is 2.54. The van der Waals surface area contributed by atoms with Crippen LogP contribution < -0.4 is 0 Å². The summed E-state index contributed by atoms with van der Waals surface area (Å²) in [7, 11) is 0. The Labute approximate surface area is 112 Å². The Balaban J connectivity index is 2.47. The molecular weight excluding hydrogens is 339 g/mol. The zero-order valence-corrected chi connectivity index (χ0v) is 12.0. The molecule has 0 saturated carbocycles. The molecule has 1 rings (SSSR count). The molecule has 0 aliphatic rings. The molecule has 0 amide bonds. The van der Waals surface area contributed by atoms with Crippen LogP contribution in [0, 0.1) is 5.82 Å². The number of halogens is 3. The normalized spacial score (nSPS) is 10.4. The number of rotatable bonds is 6. The van der Waals surface area contributed by atoms with Gasteiger partial charge in [0, 0.05) is 22.6 Å². The second-order valence-electron chi connectivity index (χ2n) is 3.57. The van der Waals surface area contributed by atoms with E-state index in [1.807, 2.05) is 0 Å². The molecular formula is C12H13Br2FO. The lowest BCUT2D eigenvalue weighted by molar-refractivity contribution is -0.119. The molecule has 0 bridgehead atoms. The molecule has 0 spiro atoms. The summed E-state index contributed by atoms with van der Waals surface area (Å²) in [5, 5.41) is 0.850. The Morgan fingerprint density at radius 2 is 2.06 bits per heavy atom. The minimum atomic E-state index is -0.258. The van der Waals surface area contributed by atoms with Gasteiger partial charge in [0.2, 0.25) is 0 Å². The van der Waals surface area contributed by atoms with Gasteiger partial charge < -0.3 is 0 Å². The molecule has 0 aliphatic heterocycles. The Morgan fingerprint density at radius 1 is 1.31 bits per heavy atom. The first-order valence-electron chi connectivity index (χ1n) is 5.15. The summed E-state index contributed by atoms with van der Waals surface area (Å²) >= 11 is 6.63. The number of hydrogen-bond acceptors (Lipinski definition) is 1. The van der Waals surface area contributed by atoms with E-state index in [9.17, 15) is 9.18 Å². The van der Waals surface area contributed by atoms with Crippen LogP contribution in [-0.4, -0.2) is 11.1 Å². The Morgan fingerprint density at radius 3 is 2.75 bits per heavy atom. The Kier molecular flexibility index (Phi) is 6.21. The van der Waals surface area contributed by atoms with E-state index in [-0.39, 0.29) is 11.6 Å². The first-order valence-corrected chi connectivity index (χ1v) is 7.06. The first-order chi connectivity index (χ1) is 7.63. The SMILES string of the molecule is O=C(CCCBr)CCc1cc(F)ccc1Br. The lowest BCUT2D eigenvalue weighted by atomic mass is 10.1. The van der Waals surface area contributed by atoms with Gasteiger partial charge in [0.15, 0.2) is 0 Å². The smallest absolute Gasteiger partial charge is 0.133 e. The minimum Gasteiger partial charge on any atom is -0.300 e. The van der Waals surface area contributed by atoms with Crippen LogP contribution in [0.5, 0.6) is 0 Å². The Bertz CT molecular complexity index is 366. The van der Waals surface area contributed by atoms with Gasteiger partial charge in [-0.05, 0) is 36.6 Å². The maximum atomic E-state index is 13.0. The second kappa shape index (κ2) is 7.17. The van der Waals surface area contributed by atoms with Crippen LogP contribution in [0.15, 0.2) is 22.7 Å². The summed E-state index contributed by atoms with van der Waals surface area (Å²) in [4.78, 5) is 11.4. The summed E-state index contributed by atoms with van der Waals surface area (Å²) in [6.45, 7) is 0. The van der Waals surface area contributed by atoms with Crippen molar-refractivity contribution in [1.82, 2.24) is 0 Å². The third-order valence-corrected chi connectivity index (χ3v) is 3.60. The van der Waals surface area contributed by atoms with Crippen LogP contribution in [0.1, 0.15) is 24.8 Å². The van der Waals surface area contributed by atoms with Crippen molar-refractivity contribution in [3.8, 4) is 0 Å². The highest BCUT2D eigenvalue weighted by molar-refractivity contribution is 9.10. The molecule has 0 aliphatic carbocycles. The largest absolute Gasteiger partial charge is 0.300 e. The summed E-state index contributed by atoms with van der Waals surface area (Å²) in [5.74, 6) is -0.0262. The fourth-order valence-corrected chi connectivity index (χ4v) is 2.12. The van der Waals surface area contributed by atoms with E-state index in [2.05, 4.69) is 31.9 Å². The van der Waals surface area contributed by atoms with Gasteiger partial charge in [-0.3, -0.25) is 4.79 Å². The van der Waals surface area contributed by atoms with Gasteiger partial charge in [-0.25, -0.2) is 4.39 Å². The molecule has 0 aromatic heterocycles. The molecule has 1 aromatic rings. The molecule has 88 valence electrons. The van der Waals surface area contributed by atoms with Gasteiger partial charge in [-0.15, -0.1) is 0 Å². The predicted octanol–water partition coefficient (Wildman–Crippen LogP) is 4.27. The van der Waals surface area contributed by atoms with Crippen molar-refractivity contribution in [3.05, 3.63) is 34.1 Å². The minimum absolute atomic E-state index is 0.232. The van der Waals surface area contributed by atoms with Crippen molar-refractivity contribution in [2.45, 2.75) is 25.7 Å². The van der Waals surface area contributed by atoms with Gasteiger partial charge >= 0.3 is 0 Å². The van der Waals surface area contributed by atoms with E-state index in [1.165, 1.54) is 12.1 Å². The molecule has 0 N–H and O–H groups in total. The van der Waals surface area contributed by atoms with E-state index in [4.69, 9.17) is 0 Å². The van der Waals surface area contributed by atoms with Crippen LogP contribution in [0.25, 0.3) is 0 Å². The summed E-state index contributed by atoms with van der Waals surface area (Å²) in [5.41, 5.74) is 0.854. The van der Waals surface area contributed by atoms with Crippen molar-refractivity contribution in [1.29, 1.82) is 0 Å². The third kappa shape index (κ3) is 4.74. The van der Waals surface area contributed by atoms with Gasteiger partial charge in [-0.2, -0.15) is 0 Å². The lowest BCUT2D eigenvalue weighted by Crippen LogP contribution is -2.01. The van der Waals surface area contributed by atoms with Crippen molar-refractivity contribution >= 4 is 37.6 Å². The van der Waals surface area contributed by atoms with Gasteiger partial charge in [-0.1, -0.05) is 31.9 Å². The third-order valence-electron chi connectivity index (χ3n) is 2.27. The van der Waals surface area contributed by atoms with E-state index < -0.39 is 0 Å². The molecule has 0 radical (unpaired) electrons. The molecule has 0 unspecified atom stereocenters. The van der Waals surface area contributed by atoms with Crippen molar-refractivity contribution in [2.75, 3.05) is 5.33 Å². The molecule has 16 heavy (non-hydrogen) atoms. The standard InChI is InChI=1S/C12H13Br2FO/c13-7-1-2-11(16)5-3-9-8-10(15)4-6-12(9)14/h4,6,8H,1-3,5,7H2. The zero-order valence-electron chi connectivity index (χ0n) is 8.81. The van der Waals surface area contributed by atoms with Crippen molar-refractivity contribution < 1.29 is 9.18 Å². The van der Waals surface area contributed by atoms with Gasteiger partial charge in [0.25, 0.3) is 0 Å². The zero-order chi connectivity index (χ0) is 12.0. The topological polar surface area (TPSA) is 17.1 Å². The lowest BCUT2D eigenvalue weighted by Gasteiger charge is -2.04. The monoisotopic (exact) mass is 350 g/mol. The maximum absolute atomic E-state index is 13.0. The van der Waals surface area contributed by atoms with Gasteiger partial charge in [0.1, 0.15) is 11.6 Å². The highest BCUT2D eigenvalue weighted by Crippen LogP contribution is 2.19. The molecule has 0 fully saturated rings. The molecule has 0 saturated heterocycles. The van der Waals surface area contributed by atoms with Crippen LogP contribution >= 0.6 is 31.9 Å². The first kappa shape index (κ1) is 13.8. The average Bonchev–Trinajstić information content (AvgIpc) is 2.27. The fraction of sp³-hybridized carbons (Fsp3) is 0.417. The Hall–Kier alpha value is -0.220. The van der Waals surface area contributed by atoms with E-state index in [0.29, 0.717) is 19.3 Å². The van der Waals surface area contributed by atoms with E-state index in [0.717, 1.165) is 21.8 Å². The van der Waals surface area contributed by atoms with Crippen LogP contribution in [0.3, 0.4) is 0 Å². The van der Waals surface area contributed by atoms with Crippen LogP contribution in [0.2, 0.25) is 0 Å². The van der Waals surface area contributed by atoms with E-state index >= 15 is 0 Å². The highest BCUT2D eigenvalue weighted by atomic mass is 79.9. The number of ketones is 1. The average molecular weight is 352 g/mol. The van der Waals surface area contributed by atoms with Crippen molar-refractivity contribution in [3.63, 3.8) is 0 Å². The summed E-state index contributed by atoms with van der Waals surface area (Å²) < 4.78 is 13.8. The molecule has 1 aromatic carbocycles. The fourth-order valence-electron chi connectivity index (χ4n) is 1.40. The molecule has 1 nitrogen and oxygen atoms in total. The summed E-state index contributed by atoms with van der Waals surface area (Å²) in [6, 6.07) is 4.55. The number of benzene rings is 1. The number of carbonyl (C=O) groups excluding carboxylic acids is 1. The number of carbonyl (C=O) groups is 1. The molecule has 0 heterocycles. The number of hydrogen-bond donors (Lipinski definition) is 0. The van der Waals surface area contributed by atoms with Crippen molar-refractivity contribution in [2.24, 2.45) is 0 Å². The molecule has 4 heteroatoms. The second-order valence-corrected chi connectivity index (χ2v) is 5.21. The quantitative estimate of drug-likeness (QED) is 0.699. The van der Waals surface area contributed by atoms with E-state index in [1.54, 1.807) is 6.07 Å². The van der Waals surface area contributed by atoms with Crippen LogP contribution in [0.4, 0.5) is 4.39 Å². The highest BCUT2D eigenvalue weighted by Gasteiger charge is 2.06. The maximum Gasteiger partial charge on any atom is 0.133 e. The molecule has 0 atom stereocenters.